The molecule has 5 N–H and O–H groups in total. The first kappa shape index (κ1) is 14.2. The molecule has 1 rings (SSSR count). The van der Waals surface area contributed by atoms with Crippen LogP contribution in [0.2, 0.25) is 0 Å². The number of amides is 1. The van der Waals surface area contributed by atoms with E-state index in [0.29, 0.717) is 24.7 Å². The fraction of sp³-hybridized carbons (Fsp3) is 0.545. The predicted octanol–water partition coefficient (Wildman–Crippen LogP) is 0.397. The minimum atomic E-state index is 0.0152. The van der Waals surface area contributed by atoms with Crippen molar-refractivity contribution in [3.8, 4) is 0 Å². The summed E-state index contributed by atoms with van der Waals surface area (Å²) in [7, 11) is 0. The molecular weight excluding hydrogens is 232 g/mol. The molecule has 18 heavy (non-hydrogen) atoms. The lowest BCUT2D eigenvalue weighted by molar-refractivity contribution is -0.121. The van der Waals surface area contributed by atoms with Crippen LogP contribution in [0.4, 0.5) is 11.8 Å². The van der Waals surface area contributed by atoms with E-state index in [1.165, 1.54) is 0 Å². The number of rotatable bonds is 6. The molecular formula is C11H20N6O. The van der Waals surface area contributed by atoms with Crippen molar-refractivity contribution in [2.75, 3.05) is 17.3 Å². The van der Waals surface area contributed by atoms with Gasteiger partial charge in [0.25, 0.3) is 0 Å². The molecule has 0 aromatic carbocycles. The Morgan fingerprint density at radius 1 is 1.50 bits per heavy atom. The number of carbonyl (C=O) groups is 1. The first-order chi connectivity index (χ1) is 8.52. The Hall–Kier alpha value is -1.89. The normalized spacial score (nSPS) is 10.3. The maximum Gasteiger partial charge on any atom is 0.239 e. The van der Waals surface area contributed by atoms with Crippen LogP contribution in [0, 0.1) is 6.92 Å². The molecule has 1 aromatic rings. The second-order valence-electron chi connectivity index (χ2n) is 4.27. The highest BCUT2D eigenvalue weighted by Crippen LogP contribution is 2.11. The summed E-state index contributed by atoms with van der Waals surface area (Å²) in [5.74, 6) is 6.27. The first-order valence-electron chi connectivity index (χ1n) is 5.86. The Labute approximate surface area is 107 Å². The average molecular weight is 252 g/mol. The molecule has 1 amide bonds. The van der Waals surface area contributed by atoms with Crippen LogP contribution in [0.5, 0.6) is 0 Å². The van der Waals surface area contributed by atoms with Crippen LogP contribution in [0.1, 0.15) is 25.8 Å². The molecule has 7 nitrogen and oxygen atoms in total. The molecule has 100 valence electrons. The molecule has 0 aliphatic heterocycles. The maximum absolute atomic E-state index is 11.4. The summed E-state index contributed by atoms with van der Waals surface area (Å²) in [6.45, 7) is 6.26. The van der Waals surface area contributed by atoms with E-state index in [-0.39, 0.29) is 11.9 Å². The van der Waals surface area contributed by atoms with Crippen LogP contribution in [0.15, 0.2) is 6.20 Å². The van der Waals surface area contributed by atoms with Gasteiger partial charge in [0.15, 0.2) is 0 Å². The highest BCUT2D eigenvalue weighted by atomic mass is 16.1. The van der Waals surface area contributed by atoms with Crippen LogP contribution in [0.3, 0.4) is 0 Å². The number of anilines is 2. The van der Waals surface area contributed by atoms with E-state index in [2.05, 4.69) is 26.0 Å². The Morgan fingerprint density at radius 3 is 2.83 bits per heavy atom. The molecule has 7 heteroatoms. The van der Waals surface area contributed by atoms with E-state index in [9.17, 15) is 4.79 Å². The molecule has 0 saturated carbocycles. The lowest BCUT2D eigenvalue weighted by atomic mass is 10.3. The van der Waals surface area contributed by atoms with Gasteiger partial charge in [-0.05, 0) is 20.8 Å². The van der Waals surface area contributed by atoms with Gasteiger partial charge in [-0.3, -0.25) is 10.2 Å². The van der Waals surface area contributed by atoms with Gasteiger partial charge in [-0.1, -0.05) is 0 Å². The zero-order chi connectivity index (χ0) is 13.5. The number of aromatic nitrogens is 2. The summed E-state index contributed by atoms with van der Waals surface area (Å²) in [6.07, 6.45) is 2.06. The molecule has 0 aliphatic carbocycles. The summed E-state index contributed by atoms with van der Waals surface area (Å²) >= 11 is 0. The zero-order valence-electron chi connectivity index (χ0n) is 10.9. The van der Waals surface area contributed by atoms with Gasteiger partial charge in [0.05, 0.1) is 0 Å². The van der Waals surface area contributed by atoms with Crippen LogP contribution >= 0.6 is 0 Å². The van der Waals surface area contributed by atoms with Gasteiger partial charge in [0, 0.05) is 30.8 Å². The summed E-state index contributed by atoms with van der Waals surface area (Å²) < 4.78 is 0. The molecule has 1 aromatic heterocycles. The van der Waals surface area contributed by atoms with Crippen molar-refractivity contribution in [3.63, 3.8) is 0 Å². The number of nitrogens with one attached hydrogen (secondary N) is 3. The smallest absolute Gasteiger partial charge is 0.239 e. The summed E-state index contributed by atoms with van der Waals surface area (Å²) in [5, 5.41) is 5.91. The first-order valence-corrected chi connectivity index (χ1v) is 5.86. The number of nitrogen functional groups attached to an aromatic ring is 1. The Bertz CT molecular complexity index is 407. The van der Waals surface area contributed by atoms with Crippen molar-refractivity contribution in [2.24, 2.45) is 5.84 Å². The standard InChI is InChI=1S/C11H20N6O/c1-7(2)15-9(18)4-5-13-10-8(3)6-14-11(16-10)17-12/h6-7H,4-5,12H2,1-3H3,(H,15,18)(H2,13,14,16,17). The van der Waals surface area contributed by atoms with E-state index in [1.807, 2.05) is 20.8 Å². The zero-order valence-corrected chi connectivity index (χ0v) is 10.9. The Morgan fingerprint density at radius 2 is 2.22 bits per heavy atom. The van der Waals surface area contributed by atoms with E-state index in [4.69, 9.17) is 5.84 Å². The fourth-order valence-electron chi connectivity index (χ4n) is 1.38. The summed E-state index contributed by atoms with van der Waals surface area (Å²) in [6, 6.07) is 0.159. The van der Waals surface area contributed by atoms with E-state index in [1.54, 1.807) is 6.20 Å². The molecule has 0 atom stereocenters. The van der Waals surface area contributed by atoms with Gasteiger partial charge in [-0.15, -0.1) is 0 Å². The second kappa shape index (κ2) is 6.75. The van der Waals surface area contributed by atoms with E-state index >= 15 is 0 Å². The second-order valence-corrected chi connectivity index (χ2v) is 4.27. The largest absolute Gasteiger partial charge is 0.369 e. The molecule has 0 aliphatic rings. The lowest BCUT2D eigenvalue weighted by Crippen LogP contribution is -2.31. The number of hydrazine groups is 1. The maximum atomic E-state index is 11.4. The van der Waals surface area contributed by atoms with Crippen molar-refractivity contribution in [1.82, 2.24) is 15.3 Å². The number of carbonyl (C=O) groups excluding carboxylic acids is 1. The number of aryl methyl sites for hydroxylation is 1. The van der Waals surface area contributed by atoms with Crippen LogP contribution in [-0.2, 0) is 4.79 Å². The highest BCUT2D eigenvalue weighted by Gasteiger charge is 2.05. The minimum absolute atomic E-state index is 0.0152. The fourth-order valence-corrected chi connectivity index (χ4v) is 1.38. The highest BCUT2D eigenvalue weighted by molar-refractivity contribution is 5.76. The molecule has 0 unspecified atom stereocenters. The monoisotopic (exact) mass is 252 g/mol. The third-order valence-electron chi connectivity index (χ3n) is 2.19. The number of hydrogen-bond donors (Lipinski definition) is 4. The van der Waals surface area contributed by atoms with Crippen molar-refractivity contribution < 1.29 is 4.79 Å². The van der Waals surface area contributed by atoms with Gasteiger partial charge in [0.2, 0.25) is 11.9 Å². The van der Waals surface area contributed by atoms with Crippen LogP contribution in [0.25, 0.3) is 0 Å². The van der Waals surface area contributed by atoms with Crippen molar-refractivity contribution >= 4 is 17.7 Å². The van der Waals surface area contributed by atoms with E-state index in [0.717, 1.165) is 5.56 Å². The Balaban J connectivity index is 2.46. The third kappa shape index (κ3) is 4.54. The van der Waals surface area contributed by atoms with Crippen LogP contribution in [-0.4, -0.2) is 28.5 Å². The van der Waals surface area contributed by atoms with Crippen molar-refractivity contribution in [2.45, 2.75) is 33.2 Å². The predicted molar refractivity (Wildman–Crippen MR) is 71.0 cm³/mol. The topological polar surface area (TPSA) is 105 Å². The van der Waals surface area contributed by atoms with Gasteiger partial charge in [-0.2, -0.15) is 4.98 Å². The molecule has 0 bridgehead atoms. The van der Waals surface area contributed by atoms with E-state index < -0.39 is 0 Å². The van der Waals surface area contributed by atoms with Crippen LogP contribution < -0.4 is 21.9 Å². The molecule has 0 spiro atoms. The summed E-state index contributed by atoms with van der Waals surface area (Å²) in [4.78, 5) is 19.6. The van der Waals surface area contributed by atoms with Crippen molar-refractivity contribution in [3.05, 3.63) is 11.8 Å². The molecule has 1 heterocycles. The van der Waals surface area contributed by atoms with Gasteiger partial charge in [0.1, 0.15) is 5.82 Å². The number of nitrogens with zero attached hydrogens (tertiary/aromatic N) is 2. The summed E-state index contributed by atoms with van der Waals surface area (Å²) in [5.41, 5.74) is 3.28. The Kier molecular flexibility index (Phi) is 5.31. The third-order valence-corrected chi connectivity index (χ3v) is 2.19. The minimum Gasteiger partial charge on any atom is -0.369 e. The van der Waals surface area contributed by atoms with Gasteiger partial charge < -0.3 is 10.6 Å². The van der Waals surface area contributed by atoms with Gasteiger partial charge in [-0.25, -0.2) is 10.8 Å². The molecule has 0 saturated heterocycles. The molecule has 0 fully saturated rings. The van der Waals surface area contributed by atoms with Gasteiger partial charge >= 0.3 is 0 Å². The lowest BCUT2D eigenvalue weighted by Gasteiger charge is -2.11. The SMILES string of the molecule is Cc1cnc(NN)nc1NCCC(=O)NC(C)C. The molecule has 0 radical (unpaired) electrons. The number of nitrogens with two attached hydrogens (primary N) is 1. The van der Waals surface area contributed by atoms with Crippen molar-refractivity contribution in [1.29, 1.82) is 0 Å². The quantitative estimate of drug-likeness (QED) is 0.431. The number of hydrogen-bond acceptors (Lipinski definition) is 6. The average Bonchev–Trinajstić information content (AvgIpc) is 2.30.